The highest BCUT2D eigenvalue weighted by atomic mass is 32.1. The second kappa shape index (κ2) is 12.1. The van der Waals surface area contributed by atoms with Gasteiger partial charge in [-0.2, -0.15) is 0 Å². The van der Waals surface area contributed by atoms with Crippen LogP contribution in [0, 0.1) is 11.3 Å². The number of rotatable bonds is 8. The summed E-state index contributed by atoms with van der Waals surface area (Å²) >= 11 is 4.30. The number of nitrogens with zero attached hydrogens (tertiary/aromatic N) is 2. The molecule has 0 saturated carbocycles. The minimum Gasteiger partial charge on any atom is -0.337 e. The summed E-state index contributed by atoms with van der Waals surface area (Å²) in [6, 6.07) is 7.41. The van der Waals surface area contributed by atoms with Crippen molar-refractivity contribution < 1.29 is 4.79 Å². The van der Waals surface area contributed by atoms with Crippen LogP contribution in [0.25, 0.3) is 0 Å². The van der Waals surface area contributed by atoms with Gasteiger partial charge in [0.25, 0.3) is 0 Å². The summed E-state index contributed by atoms with van der Waals surface area (Å²) in [6.45, 7) is 12.0. The number of carbonyl (C=O) groups is 1. The first-order valence-electron chi connectivity index (χ1n) is 12.1. The summed E-state index contributed by atoms with van der Waals surface area (Å²) in [5, 5.41) is 2.86. The van der Waals surface area contributed by atoms with Crippen molar-refractivity contribution in [3.05, 3.63) is 102 Å². The molecule has 1 aliphatic carbocycles. The number of aromatic nitrogens is 2. The van der Waals surface area contributed by atoms with Gasteiger partial charge in [0, 0.05) is 35.6 Å². The summed E-state index contributed by atoms with van der Waals surface area (Å²) in [4.78, 5) is 17.2. The zero-order chi connectivity index (χ0) is 25.4. The number of carbonyl (C=O) groups excluding carboxylic acids is 1. The van der Waals surface area contributed by atoms with Crippen LogP contribution in [0.15, 0.2) is 107 Å². The summed E-state index contributed by atoms with van der Waals surface area (Å²) < 4.78 is 2.18. The van der Waals surface area contributed by atoms with Crippen molar-refractivity contribution in [1.82, 2.24) is 9.55 Å². The molecule has 0 radical (unpaired) electrons. The van der Waals surface area contributed by atoms with E-state index in [1.165, 1.54) is 24.0 Å². The molecule has 1 aromatic carbocycles. The normalized spacial score (nSPS) is 19.1. The Bertz CT molecular complexity index is 1180. The van der Waals surface area contributed by atoms with Gasteiger partial charge >= 0.3 is 0 Å². The van der Waals surface area contributed by atoms with Gasteiger partial charge in [0.05, 0.1) is 6.33 Å². The number of imidazole rings is 1. The molecule has 5 heteroatoms. The molecule has 1 N–H and O–H groups in total. The Morgan fingerprint density at radius 2 is 2.06 bits per heavy atom. The van der Waals surface area contributed by atoms with Crippen LogP contribution in [0.1, 0.15) is 47.5 Å². The van der Waals surface area contributed by atoms with E-state index in [-0.39, 0.29) is 11.3 Å². The summed E-state index contributed by atoms with van der Waals surface area (Å²) in [6.07, 6.45) is 20.3. The highest BCUT2D eigenvalue weighted by Gasteiger charge is 2.31. The Kier molecular flexibility index (Phi) is 9.16. The average molecular weight is 488 g/mol. The van der Waals surface area contributed by atoms with E-state index in [9.17, 15) is 4.79 Å². The topological polar surface area (TPSA) is 46.9 Å². The molecule has 184 valence electrons. The number of nitrogens with one attached hydrogen (secondary N) is 1. The molecule has 1 unspecified atom stereocenters. The van der Waals surface area contributed by atoms with E-state index < -0.39 is 0 Å². The van der Waals surface area contributed by atoms with Gasteiger partial charge in [-0.05, 0) is 74.3 Å². The zero-order valence-corrected chi connectivity index (χ0v) is 22.3. The van der Waals surface area contributed by atoms with Crippen LogP contribution in [-0.2, 0) is 11.3 Å². The average Bonchev–Trinajstić information content (AvgIpc) is 3.28. The molecule has 1 heterocycles. The molecule has 4 nitrogen and oxygen atoms in total. The predicted octanol–water partition coefficient (Wildman–Crippen LogP) is 7.57. The van der Waals surface area contributed by atoms with Crippen molar-refractivity contribution >= 4 is 24.2 Å². The van der Waals surface area contributed by atoms with Crippen molar-refractivity contribution in [2.45, 2.75) is 58.9 Å². The number of anilines is 1. The molecule has 0 spiro atoms. The van der Waals surface area contributed by atoms with Crippen LogP contribution >= 0.6 is 12.6 Å². The third-order valence-electron chi connectivity index (χ3n) is 6.58. The van der Waals surface area contributed by atoms with Crippen LogP contribution in [0.2, 0.25) is 0 Å². The maximum Gasteiger partial charge on any atom is 0.248 e. The van der Waals surface area contributed by atoms with E-state index in [0.717, 1.165) is 28.3 Å². The maximum atomic E-state index is 12.2. The van der Waals surface area contributed by atoms with Gasteiger partial charge in [0.2, 0.25) is 5.91 Å². The molecule has 0 aliphatic heterocycles. The van der Waals surface area contributed by atoms with Gasteiger partial charge in [-0.15, -0.1) is 12.6 Å². The van der Waals surface area contributed by atoms with Crippen LogP contribution in [0.3, 0.4) is 0 Å². The Morgan fingerprint density at radius 3 is 2.77 bits per heavy atom. The molecule has 0 saturated heterocycles. The zero-order valence-electron chi connectivity index (χ0n) is 21.5. The second-order valence-corrected chi connectivity index (χ2v) is 10.5. The highest BCUT2D eigenvalue weighted by Crippen LogP contribution is 2.44. The van der Waals surface area contributed by atoms with Gasteiger partial charge in [-0.1, -0.05) is 61.4 Å². The molecule has 0 fully saturated rings. The maximum absolute atomic E-state index is 12.2. The van der Waals surface area contributed by atoms with E-state index in [2.05, 4.69) is 73.4 Å². The molecule has 2 aromatic rings. The SMILES string of the molecule is CC(C=CC1=C(C)C(Cn2ccnc2)CCC1(C)C)=CC=CC(C)=CC(=O)Nc1cccc(S)c1. The van der Waals surface area contributed by atoms with E-state index in [1.54, 1.807) is 6.08 Å². The lowest BCUT2D eigenvalue weighted by atomic mass is 9.68. The standard InChI is InChI=1S/C30H37N3OS/c1-22(8-6-9-23(2)18-29(34)32-26-10-7-11-27(35)19-26)12-13-28-24(3)25(14-15-30(28,4)5)20-33-17-16-31-21-33/h6-13,16-19,21,25,35H,14-15,20H2,1-5H3,(H,32,34). The van der Waals surface area contributed by atoms with Gasteiger partial charge in [0.1, 0.15) is 0 Å². The van der Waals surface area contributed by atoms with Crippen molar-refractivity contribution in [2.75, 3.05) is 5.32 Å². The Balaban J connectivity index is 1.64. The largest absolute Gasteiger partial charge is 0.337 e. The van der Waals surface area contributed by atoms with Crippen LogP contribution < -0.4 is 5.32 Å². The smallest absolute Gasteiger partial charge is 0.248 e. The molecular weight excluding hydrogens is 450 g/mol. The van der Waals surface area contributed by atoms with E-state index in [4.69, 9.17) is 0 Å². The van der Waals surface area contributed by atoms with Gasteiger partial charge in [-0.3, -0.25) is 4.79 Å². The lowest BCUT2D eigenvalue weighted by Gasteiger charge is -2.37. The first-order valence-corrected chi connectivity index (χ1v) is 12.6. The molecule has 35 heavy (non-hydrogen) atoms. The van der Waals surface area contributed by atoms with E-state index in [1.807, 2.05) is 62.1 Å². The van der Waals surface area contributed by atoms with Crippen LogP contribution in [0.4, 0.5) is 5.69 Å². The van der Waals surface area contributed by atoms with E-state index >= 15 is 0 Å². The minimum absolute atomic E-state index is 0.154. The molecule has 3 rings (SSSR count). The third-order valence-corrected chi connectivity index (χ3v) is 6.86. The molecule has 1 atom stereocenters. The van der Waals surface area contributed by atoms with Gasteiger partial charge in [0.15, 0.2) is 0 Å². The lowest BCUT2D eigenvalue weighted by molar-refractivity contribution is -0.111. The molecular formula is C30H37N3OS. The molecule has 1 aromatic heterocycles. The summed E-state index contributed by atoms with van der Waals surface area (Å²) in [5.74, 6) is 0.383. The Labute approximate surface area is 215 Å². The fourth-order valence-electron chi connectivity index (χ4n) is 4.51. The fraction of sp³-hybridized carbons (Fsp3) is 0.333. The van der Waals surface area contributed by atoms with Crippen molar-refractivity contribution in [1.29, 1.82) is 0 Å². The molecule has 0 bridgehead atoms. The Hall–Kier alpha value is -3.05. The second-order valence-electron chi connectivity index (χ2n) is 10.0. The van der Waals surface area contributed by atoms with Crippen molar-refractivity contribution in [2.24, 2.45) is 11.3 Å². The number of allylic oxidation sites excluding steroid dienone is 9. The first kappa shape index (κ1) is 26.6. The van der Waals surface area contributed by atoms with E-state index in [0.29, 0.717) is 5.92 Å². The highest BCUT2D eigenvalue weighted by molar-refractivity contribution is 7.80. The van der Waals surface area contributed by atoms with Crippen molar-refractivity contribution in [3.63, 3.8) is 0 Å². The number of amides is 1. The van der Waals surface area contributed by atoms with Crippen LogP contribution in [0.5, 0.6) is 0 Å². The molecule has 1 aliphatic rings. The number of hydrogen-bond acceptors (Lipinski definition) is 3. The minimum atomic E-state index is -0.154. The summed E-state index contributed by atoms with van der Waals surface area (Å²) in [7, 11) is 0. The number of thiol groups is 1. The van der Waals surface area contributed by atoms with Gasteiger partial charge < -0.3 is 9.88 Å². The number of benzene rings is 1. The lowest BCUT2D eigenvalue weighted by Crippen LogP contribution is -2.26. The fourth-order valence-corrected chi connectivity index (χ4v) is 4.74. The summed E-state index contributed by atoms with van der Waals surface area (Å²) in [5.41, 5.74) is 5.86. The predicted molar refractivity (Wildman–Crippen MR) is 150 cm³/mol. The molecule has 1 amide bonds. The number of hydrogen-bond donors (Lipinski definition) is 2. The quantitative estimate of drug-likeness (QED) is 0.229. The van der Waals surface area contributed by atoms with Crippen molar-refractivity contribution in [3.8, 4) is 0 Å². The van der Waals surface area contributed by atoms with Gasteiger partial charge in [-0.25, -0.2) is 4.98 Å². The first-order chi connectivity index (χ1) is 16.6. The third kappa shape index (κ3) is 8.00. The van der Waals surface area contributed by atoms with Crippen LogP contribution in [-0.4, -0.2) is 15.5 Å². The monoisotopic (exact) mass is 487 g/mol. The Morgan fingerprint density at radius 1 is 1.26 bits per heavy atom.